The molecule has 3 N–H and O–H groups in total. The van der Waals surface area contributed by atoms with Crippen LogP contribution in [0, 0.1) is 5.82 Å². The molecule has 5 nitrogen and oxygen atoms in total. The fraction of sp³-hybridized carbons (Fsp3) is 0.429. The minimum Gasteiger partial charge on any atom is -0.327 e. The molecule has 1 aliphatic carbocycles. The van der Waals surface area contributed by atoms with E-state index in [1.165, 1.54) is 17.8 Å². The van der Waals surface area contributed by atoms with Crippen molar-refractivity contribution in [2.45, 2.75) is 42.3 Å². The number of H-pyrrole nitrogens is 1. The molecule has 2 unspecified atom stereocenters. The molecule has 0 spiro atoms. The number of aromatic amines is 1. The van der Waals surface area contributed by atoms with Crippen molar-refractivity contribution in [3.05, 3.63) is 46.1 Å². The molecule has 2 atom stereocenters. The number of nitrogens with two attached hydrogens (primary N) is 1. The van der Waals surface area contributed by atoms with Gasteiger partial charge in [-0.25, -0.2) is 14.3 Å². The van der Waals surface area contributed by atoms with Crippen molar-refractivity contribution in [1.29, 1.82) is 0 Å². The molecule has 1 aromatic heterocycles. The van der Waals surface area contributed by atoms with Crippen LogP contribution in [0.3, 0.4) is 0 Å². The summed E-state index contributed by atoms with van der Waals surface area (Å²) in [6, 6.07) is 6.52. The van der Waals surface area contributed by atoms with Gasteiger partial charge >= 0.3 is 5.69 Å². The van der Waals surface area contributed by atoms with Gasteiger partial charge in [0, 0.05) is 17.6 Å². The Kier molecular flexibility index (Phi) is 3.86. The van der Waals surface area contributed by atoms with Gasteiger partial charge in [-0.3, -0.25) is 4.57 Å². The van der Waals surface area contributed by atoms with Crippen LogP contribution >= 0.6 is 11.8 Å². The van der Waals surface area contributed by atoms with Crippen molar-refractivity contribution in [1.82, 2.24) is 14.8 Å². The summed E-state index contributed by atoms with van der Waals surface area (Å²) in [5.74, 6) is -0.289. The topological polar surface area (TPSA) is 76.7 Å². The smallest absolute Gasteiger partial charge is 0.327 e. The second-order valence-corrected chi connectivity index (χ2v) is 6.44. The van der Waals surface area contributed by atoms with Crippen molar-refractivity contribution in [3.8, 4) is 0 Å². The van der Waals surface area contributed by atoms with Crippen LogP contribution in [0.25, 0.3) is 0 Å². The predicted octanol–water partition coefficient (Wildman–Crippen LogP) is 2.23. The van der Waals surface area contributed by atoms with Gasteiger partial charge in [0.2, 0.25) is 0 Å². The molecule has 0 saturated heterocycles. The summed E-state index contributed by atoms with van der Waals surface area (Å²) >= 11 is 1.34. The molecular weight excluding hydrogens is 291 g/mol. The molecule has 0 aliphatic heterocycles. The van der Waals surface area contributed by atoms with E-state index < -0.39 is 0 Å². The molecule has 3 rings (SSSR count). The van der Waals surface area contributed by atoms with Crippen LogP contribution in [0.4, 0.5) is 4.39 Å². The maximum absolute atomic E-state index is 14.0. The van der Waals surface area contributed by atoms with Crippen LogP contribution in [0.5, 0.6) is 0 Å². The fourth-order valence-corrected chi connectivity index (χ4v) is 3.51. The molecule has 0 bridgehead atoms. The minimum atomic E-state index is -0.293. The summed E-state index contributed by atoms with van der Waals surface area (Å²) in [4.78, 5) is 11.8. The van der Waals surface area contributed by atoms with E-state index in [-0.39, 0.29) is 28.8 Å². The summed E-state index contributed by atoms with van der Waals surface area (Å²) in [6.45, 7) is 1.83. The lowest BCUT2D eigenvalue weighted by molar-refractivity contribution is 0.589. The van der Waals surface area contributed by atoms with Gasteiger partial charge in [-0.15, -0.1) is 5.10 Å². The summed E-state index contributed by atoms with van der Waals surface area (Å²) in [6.07, 6.45) is 1.96. The maximum Gasteiger partial charge on any atom is 0.344 e. The van der Waals surface area contributed by atoms with Crippen LogP contribution in [0.2, 0.25) is 0 Å². The van der Waals surface area contributed by atoms with E-state index in [0.717, 1.165) is 12.8 Å². The van der Waals surface area contributed by atoms with Crippen LogP contribution in [-0.4, -0.2) is 20.8 Å². The Morgan fingerprint density at radius 2 is 2.19 bits per heavy atom. The number of hydrogen-bond acceptors (Lipinski definition) is 4. The second-order valence-electron chi connectivity index (χ2n) is 5.33. The van der Waals surface area contributed by atoms with Gasteiger partial charge in [-0.1, -0.05) is 30.0 Å². The van der Waals surface area contributed by atoms with E-state index in [0.29, 0.717) is 10.7 Å². The lowest BCUT2D eigenvalue weighted by Crippen LogP contribution is -2.24. The maximum atomic E-state index is 14.0. The van der Waals surface area contributed by atoms with Crippen molar-refractivity contribution >= 4 is 11.8 Å². The molecule has 0 radical (unpaired) electrons. The van der Waals surface area contributed by atoms with Gasteiger partial charge in [0.25, 0.3) is 0 Å². The van der Waals surface area contributed by atoms with Crippen molar-refractivity contribution in [2.24, 2.45) is 5.73 Å². The fourth-order valence-electron chi connectivity index (χ4n) is 2.30. The van der Waals surface area contributed by atoms with Crippen LogP contribution in [-0.2, 0) is 0 Å². The zero-order valence-electron chi connectivity index (χ0n) is 11.6. The number of halogens is 1. The van der Waals surface area contributed by atoms with Crippen LogP contribution < -0.4 is 11.4 Å². The average Bonchev–Trinajstić information content (AvgIpc) is 3.21. The third-order valence-electron chi connectivity index (χ3n) is 3.51. The number of benzene rings is 1. The van der Waals surface area contributed by atoms with E-state index in [1.807, 2.05) is 6.92 Å². The highest BCUT2D eigenvalue weighted by molar-refractivity contribution is 7.99. The molecule has 1 fully saturated rings. The molecule has 1 heterocycles. The van der Waals surface area contributed by atoms with E-state index in [4.69, 9.17) is 5.73 Å². The van der Waals surface area contributed by atoms with Gasteiger partial charge in [0.05, 0.1) is 5.25 Å². The monoisotopic (exact) mass is 308 g/mol. The van der Waals surface area contributed by atoms with E-state index in [2.05, 4.69) is 10.2 Å². The van der Waals surface area contributed by atoms with Crippen molar-refractivity contribution in [3.63, 3.8) is 0 Å². The summed E-state index contributed by atoms with van der Waals surface area (Å²) in [5.41, 5.74) is 6.35. The summed E-state index contributed by atoms with van der Waals surface area (Å²) in [5, 5.41) is 6.82. The molecule has 21 heavy (non-hydrogen) atoms. The average molecular weight is 308 g/mol. The lowest BCUT2D eigenvalue weighted by atomic mass is 10.1. The highest BCUT2D eigenvalue weighted by Crippen LogP contribution is 2.41. The Balaban J connectivity index is 1.93. The first-order valence-electron chi connectivity index (χ1n) is 6.91. The van der Waals surface area contributed by atoms with E-state index >= 15 is 0 Å². The number of aromatic nitrogens is 3. The zero-order chi connectivity index (χ0) is 15.0. The number of rotatable bonds is 5. The van der Waals surface area contributed by atoms with Gasteiger partial charge in [0.1, 0.15) is 5.82 Å². The molecule has 0 amide bonds. The van der Waals surface area contributed by atoms with Gasteiger partial charge in [-0.2, -0.15) is 0 Å². The Hall–Kier alpha value is -1.60. The van der Waals surface area contributed by atoms with E-state index in [9.17, 15) is 9.18 Å². The minimum absolute atomic E-state index is 0.211. The Labute approximate surface area is 125 Å². The van der Waals surface area contributed by atoms with Crippen molar-refractivity contribution < 1.29 is 4.39 Å². The highest BCUT2D eigenvalue weighted by Gasteiger charge is 2.31. The first-order chi connectivity index (χ1) is 10.1. The van der Waals surface area contributed by atoms with Gasteiger partial charge < -0.3 is 5.73 Å². The Bertz CT molecular complexity index is 692. The molecule has 2 aromatic rings. The number of hydrogen-bond donors (Lipinski definition) is 2. The molecule has 1 aliphatic rings. The predicted molar refractivity (Wildman–Crippen MR) is 79.8 cm³/mol. The standard InChI is InChI=1S/C14H17FN4OS/c1-8(16)12(10-4-2-3-5-11(10)15)21-14-18-17-13(20)19(14)9-6-7-9/h2-5,8-9,12H,6-7,16H2,1H3,(H,17,20). The molecule has 112 valence electrons. The Morgan fingerprint density at radius 1 is 1.48 bits per heavy atom. The molecule has 1 saturated carbocycles. The lowest BCUT2D eigenvalue weighted by Gasteiger charge is -2.20. The molecular formula is C14H17FN4OS. The number of nitrogens with one attached hydrogen (secondary N) is 1. The highest BCUT2D eigenvalue weighted by atomic mass is 32.2. The van der Waals surface area contributed by atoms with Gasteiger partial charge in [0.15, 0.2) is 5.16 Å². The van der Waals surface area contributed by atoms with E-state index in [1.54, 1.807) is 22.8 Å². The SMILES string of the molecule is CC(N)C(Sc1n[nH]c(=O)n1C1CC1)c1ccccc1F. The third kappa shape index (κ3) is 2.89. The summed E-state index contributed by atoms with van der Waals surface area (Å²) in [7, 11) is 0. The quantitative estimate of drug-likeness (QED) is 0.830. The molecule has 7 heteroatoms. The van der Waals surface area contributed by atoms with Crippen LogP contribution in [0.1, 0.15) is 36.6 Å². The summed E-state index contributed by atoms with van der Waals surface area (Å²) < 4.78 is 15.7. The first-order valence-corrected chi connectivity index (χ1v) is 7.79. The molecule has 1 aromatic carbocycles. The van der Waals surface area contributed by atoms with Gasteiger partial charge in [-0.05, 0) is 25.8 Å². The largest absolute Gasteiger partial charge is 0.344 e. The number of thioether (sulfide) groups is 1. The van der Waals surface area contributed by atoms with Crippen LogP contribution in [0.15, 0.2) is 34.2 Å². The second kappa shape index (κ2) is 5.65. The third-order valence-corrected chi connectivity index (χ3v) is 4.94. The Morgan fingerprint density at radius 3 is 2.81 bits per heavy atom. The zero-order valence-corrected chi connectivity index (χ0v) is 12.4. The van der Waals surface area contributed by atoms with Crippen molar-refractivity contribution in [2.75, 3.05) is 0 Å². The number of nitrogens with zero attached hydrogens (tertiary/aromatic N) is 2. The first kappa shape index (κ1) is 14.3. The normalized spacial score (nSPS) is 17.7.